The van der Waals surface area contributed by atoms with Gasteiger partial charge in [0.2, 0.25) is 0 Å². The first-order valence-corrected chi connectivity index (χ1v) is 10.4. The first-order valence-electron chi connectivity index (χ1n) is 10.4. The van der Waals surface area contributed by atoms with E-state index in [9.17, 15) is 4.79 Å². The Bertz CT molecular complexity index is 820. The average molecular weight is 413 g/mol. The average Bonchev–Trinajstić information content (AvgIpc) is 3.05. The fourth-order valence-corrected chi connectivity index (χ4v) is 3.08. The molecule has 0 aromatic heterocycles. The maximum Gasteiger partial charge on any atom is 0.498 e. The van der Waals surface area contributed by atoms with Gasteiger partial charge in [-0.3, -0.25) is 0 Å². The van der Waals surface area contributed by atoms with Gasteiger partial charge >= 0.3 is 13.2 Å². The zero-order valence-electron chi connectivity index (χ0n) is 18.8. The van der Waals surface area contributed by atoms with Gasteiger partial charge in [0, 0.05) is 12.5 Å². The summed E-state index contributed by atoms with van der Waals surface area (Å²) in [6.45, 7) is 11.2. The molecule has 6 nitrogen and oxygen atoms in total. The van der Waals surface area contributed by atoms with Crippen LogP contribution in [0.5, 0.6) is 5.75 Å². The summed E-state index contributed by atoms with van der Waals surface area (Å²) in [5, 5.41) is 2.36. The molecular formula is C23H32BNO5. The van der Waals surface area contributed by atoms with E-state index in [0.29, 0.717) is 19.8 Å². The Labute approximate surface area is 180 Å². The smallest absolute Gasteiger partial charge is 0.492 e. The summed E-state index contributed by atoms with van der Waals surface area (Å²) in [7, 11) is 1.27. The highest BCUT2D eigenvalue weighted by Gasteiger charge is 2.37. The number of hydrogen-bond acceptors (Lipinski definition) is 5. The van der Waals surface area contributed by atoms with Crippen LogP contribution in [0.1, 0.15) is 40.2 Å². The Morgan fingerprint density at radius 1 is 1.03 bits per heavy atom. The second-order valence-corrected chi connectivity index (χ2v) is 7.48. The van der Waals surface area contributed by atoms with Crippen LogP contribution in [0, 0.1) is 0 Å². The maximum atomic E-state index is 10.5. The van der Waals surface area contributed by atoms with E-state index in [0.717, 1.165) is 11.2 Å². The highest BCUT2D eigenvalue weighted by atomic mass is 16.6. The summed E-state index contributed by atoms with van der Waals surface area (Å²) >= 11 is 0. The Morgan fingerprint density at radius 2 is 1.73 bits per heavy atom. The lowest BCUT2D eigenvalue weighted by molar-refractivity contribution is 0.0541. The zero-order chi connectivity index (χ0) is 22.1. The van der Waals surface area contributed by atoms with Crippen molar-refractivity contribution < 1.29 is 23.6 Å². The van der Waals surface area contributed by atoms with Gasteiger partial charge < -0.3 is 24.1 Å². The standard InChI is InChI=1S/C15H13BO3.C6H13NO2.C2H6/c1-2-4-11(5-3-1)12-6-7-14-15-13(12)10-19-16(15)18-9-8-17-14;1-6(2,3)9-5(8)7-4;1-2/h1-7H,8-10H2;1-4H3,(H,7,8);1-2H3. The molecule has 0 aliphatic carbocycles. The first-order chi connectivity index (χ1) is 14.4. The third kappa shape index (κ3) is 6.24. The predicted molar refractivity (Wildman–Crippen MR) is 120 cm³/mol. The van der Waals surface area contributed by atoms with Crippen molar-refractivity contribution in [3.05, 3.63) is 48.0 Å². The molecule has 2 aromatic rings. The number of amides is 1. The monoisotopic (exact) mass is 413 g/mol. The number of benzene rings is 2. The molecule has 1 amide bonds. The summed E-state index contributed by atoms with van der Waals surface area (Å²) in [5.74, 6) is 0.898. The van der Waals surface area contributed by atoms with E-state index in [-0.39, 0.29) is 18.8 Å². The number of rotatable bonds is 1. The van der Waals surface area contributed by atoms with Crippen molar-refractivity contribution >= 4 is 18.7 Å². The van der Waals surface area contributed by atoms with Crippen molar-refractivity contribution in [1.82, 2.24) is 5.32 Å². The fraction of sp³-hybridized carbons (Fsp3) is 0.435. The van der Waals surface area contributed by atoms with E-state index < -0.39 is 0 Å². The maximum absolute atomic E-state index is 10.5. The molecule has 7 heteroatoms. The van der Waals surface area contributed by atoms with Gasteiger partial charge in [0.05, 0.1) is 13.2 Å². The normalized spacial score (nSPS) is 14.0. The molecule has 0 radical (unpaired) electrons. The first kappa shape index (κ1) is 23.8. The molecule has 0 saturated heterocycles. The van der Waals surface area contributed by atoms with Crippen molar-refractivity contribution in [2.45, 2.75) is 46.8 Å². The SMILES string of the molecule is CC.CNC(=O)OC(C)(C)C.c1ccc(-c2ccc3c4c2COB4OCCO3)cc1. The molecule has 0 fully saturated rings. The van der Waals surface area contributed by atoms with E-state index in [1.165, 1.54) is 23.7 Å². The van der Waals surface area contributed by atoms with Gasteiger partial charge in [-0.25, -0.2) is 4.79 Å². The van der Waals surface area contributed by atoms with Crippen LogP contribution in [-0.2, 0) is 20.7 Å². The fourth-order valence-electron chi connectivity index (χ4n) is 3.08. The van der Waals surface area contributed by atoms with Crippen molar-refractivity contribution in [3.63, 3.8) is 0 Å². The summed E-state index contributed by atoms with van der Waals surface area (Å²) in [4.78, 5) is 10.5. The second-order valence-electron chi connectivity index (χ2n) is 7.48. The van der Waals surface area contributed by atoms with E-state index in [1.807, 2.05) is 58.9 Å². The van der Waals surface area contributed by atoms with Gasteiger partial charge in [-0.2, -0.15) is 0 Å². The molecule has 0 spiro atoms. The number of hydrogen-bond donors (Lipinski definition) is 1. The van der Waals surface area contributed by atoms with Crippen LogP contribution in [0.25, 0.3) is 11.1 Å². The van der Waals surface area contributed by atoms with Crippen LogP contribution < -0.4 is 15.5 Å². The molecular weight excluding hydrogens is 381 g/mol. The highest BCUT2D eigenvalue weighted by Crippen LogP contribution is 2.31. The van der Waals surface area contributed by atoms with Crippen LogP contribution in [0.3, 0.4) is 0 Å². The summed E-state index contributed by atoms with van der Waals surface area (Å²) in [5.41, 5.74) is 4.28. The number of carbonyl (C=O) groups excluding carboxylic acids is 1. The largest absolute Gasteiger partial charge is 0.498 e. The quantitative estimate of drug-likeness (QED) is 0.712. The van der Waals surface area contributed by atoms with Crippen LogP contribution >= 0.6 is 0 Å². The lowest BCUT2D eigenvalue weighted by Crippen LogP contribution is -2.31. The summed E-state index contributed by atoms with van der Waals surface area (Å²) in [6.07, 6.45) is -0.387. The molecule has 162 valence electrons. The molecule has 2 aliphatic rings. The topological polar surface area (TPSA) is 66.0 Å². The van der Waals surface area contributed by atoms with E-state index >= 15 is 0 Å². The minimum absolute atomic E-state index is 0.267. The minimum Gasteiger partial charge on any atom is -0.492 e. The Hall–Kier alpha value is -2.51. The summed E-state index contributed by atoms with van der Waals surface area (Å²) < 4.78 is 22.0. The lowest BCUT2D eigenvalue weighted by Gasteiger charge is -2.18. The summed E-state index contributed by atoms with van der Waals surface area (Å²) in [6, 6.07) is 14.5. The van der Waals surface area contributed by atoms with Crippen molar-refractivity contribution in [2.24, 2.45) is 0 Å². The Morgan fingerprint density at radius 3 is 2.33 bits per heavy atom. The van der Waals surface area contributed by atoms with Crippen molar-refractivity contribution in [1.29, 1.82) is 0 Å². The van der Waals surface area contributed by atoms with Gasteiger partial charge in [-0.15, -0.1) is 0 Å². The van der Waals surface area contributed by atoms with Gasteiger partial charge in [-0.1, -0.05) is 50.2 Å². The van der Waals surface area contributed by atoms with Gasteiger partial charge in [-0.05, 0) is 43.5 Å². The third-order valence-electron chi connectivity index (χ3n) is 4.23. The predicted octanol–water partition coefficient (Wildman–Crippen LogP) is 4.16. The van der Waals surface area contributed by atoms with Crippen LogP contribution in [-0.4, -0.2) is 39.1 Å². The number of ether oxygens (including phenoxy) is 2. The number of nitrogens with one attached hydrogen (secondary N) is 1. The Balaban J connectivity index is 0.000000250. The lowest BCUT2D eigenvalue weighted by atomic mass is 9.76. The molecule has 2 aliphatic heterocycles. The third-order valence-corrected chi connectivity index (χ3v) is 4.23. The van der Waals surface area contributed by atoms with E-state index in [2.05, 4.69) is 23.5 Å². The van der Waals surface area contributed by atoms with E-state index in [4.69, 9.17) is 18.8 Å². The molecule has 0 saturated carbocycles. The van der Waals surface area contributed by atoms with Gasteiger partial charge in [0.15, 0.2) is 0 Å². The molecule has 0 unspecified atom stereocenters. The van der Waals surface area contributed by atoms with Crippen molar-refractivity contribution in [2.75, 3.05) is 20.3 Å². The van der Waals surface area contributed by atoms with Crippen LogP contribution in [0.2, 0.25) is 0 Å². The molecule has 30 heavy (non-hydrogen) atoms. The molecule has 0 atom stereocenters. The molecule has 4 rings (SSSR count). The van der Waals surface area contributed by atoms with Gasteiger partial charge in [0.25, 0.3) is 0 Å². The highest BCUT2D eigenvalue weighted by molar-refractivity contribution is 6.64. The van der Waals surface area contributed by atoms with Gasteiger partial charge in [0.1, 0.15) is 18.0 Å². The number of alkyl carbamates (subject to hydrolysis) is 1. The molecule has 2 heterocycles. The molecule has 2 aromatic carbocycles. The molecule has 1 N–H and O–H groups in total. The van der Waals surface area contributed by atoms with E-state index in [1.54, 1.807) is 0 Å². The zero-order valence-corrected chi connectivity index (χ0v) is 18.8. The second kappa shape index (κ2) is 11.0. The minimum atomic E-state index is -0.389. The number of carbonyl (C=O) groups is 1. The van der Waals surface area contributed by atoms with Crippen LogP contribution in [0.15, 0.2) is 42.5 Å². The van der Waals surface area contributed by atoms with Crippen molar-refractivity contribution in [3.8, 4) is 16.9 Å². The molecule has 0 bridgehead atoms. The van der Waals surface area contributed by atoms with Crippen LogP contribution in [0.4, 0.5) is 4.79 Å². The Kier molecular flexibility index (Phi) is 8.75.